The monoisotopic (exact) mass is 342 g/mol. The van der Waals surface area contributed by atoms with Crippen molar-refractivity contribution in [3.05, 3.63) is 70.8 Å². The van der Waals surface area contributed by atoms with Crippen LogP contribution in [0, 0.1) is 23.2 Å². The molecule has 3 nitrogen and oxygen atoms in total. The summed E-state index contributed by atoms with van der Waals surface area (Å²) in [7, 11) is 0. The summed E-state index contributed by atoms with van der Waals surface area (Å²) in [5.41, 5.74) is 4.58. The molecule has 1 saturated heterocycles. The second-order valence-electron chi connectivity index (χ2n) is 7.97. The van der Waals surface area contributed by atoms with Gasteiger partial charge in [0.05, 0.1) is 11.6 Å². The first-order valence-electron chi connectivity index (χ1n) is 9.63. The molecule has 5 rings (SSSR count). The van der Waals surface area contributed by atoms with Gasteiger partial charge in [-0.15, -0.1) is 0 Å². The first-order valence-corrected chi connectivity index (χ1v) is 9.63. The zero-order valence-corrected chi connectivity index (χ0v) is 14.8. The summed E-state index contributed by atoms with van der Waals surface area (Å²) in [5.74, 6) is 1.31. The van der Waals surface area contributed by atoms with Crippen molar-refractivity contribution >= 4 is 5.91 Å². The lowest BCUT2D eigenvalue weighted by Crippen LogP contribution is -2.39. The zero-order valence-electron chi connectivity index (χ0n) is 14.8. The van der Waals surface area contributed by atoms with Gasteiger partial charge in [-0.05, 0) is 59.9 Å². The van der Waals surface area contributed by atoms with Gasteiger partial charge < -0.3 is 4.90 Å². The average Bonchev–Trinajstić information content (AvgIpc) is 2.96. The molecule has 0 N–H and O–H groups in total. The number of rotatable bonds is 2. The van der Waals surface area contributed by atoms with E-state index in [9.17, 15) is 10.1 Å². The van der Waals surface area contributed by atoms with E-state index in [0.29, 0.717) is 23.8 Å². The Balaban J connectivity index is 1.52. The van der Waals surface area contributed by atoms with Crippen LogP contribution in [-0.2, 0) is 17.8 Å². The van der Waals surface area contributed by atoms with Gasteiger partial charge in [0.25, 0.3) is 0 Å². The lowest BCUT2D eigenvalue weighted by molar-refractivity contribution is -0.132. The number of nitrogens with zero attached hydrogens (tertiary/aromatic N) is 2. The Labute approximate surface area is 154 Å². The molecule has 2 aromatic carbocycles. The normalized spacial score (nSPS) is 29.0. The highest BCUT2D eigenvalue weighted by Crippen LogP contribution is 2.53. The fourth-order valence-corrected chi connectivity index (χ4v) is 5.65. The fraction of sp³-hybridized carbons (Fsp3) is 0.391. The summed E-state index contributed by atoms with van der Waals surface area (Å²) >= 11 is 0. The predicted molar refractivity (Wildman–Crippen MR) is 99.2 cm³/mol. The van der Waals surface area contributed by atoms with Crippen molar-refractivity contribution in [1.29, 1.82) is 5.26 Å². The van der Waals surface area contributed by atoms with Gasteiger partial charge in [0, 0.05) is 18.5 Å². The molecule has 3 heteroatoms. The standard InChI is InChI=1S/C23H22N2O/c24-13-16-9-10-17-12-20-22-18(19(17)11-16)7-4-8-21(22)25(23(20)26)14-15-5-2-1-3-6-15/h1-3,5-6,9-11,18,20-22H,4,7-8,12,14H2. The molecule has 26 heavy (non-hydrogen) atoms. The Morgan fingerprint density at radius 1 is 1.08 bits per heavy atom. The molecule has 4 unspecified atom stereocenters. The van der Waals surface area contributed by atoms with E-state index < -0.39 is 0 Å². The van der Waals surface area contributed by atoms with E-state index >= 15 is 0 Å². The molecule has 2 aromatic rings. The summed E-state index contributed by atoms with van der Waals surface area (Å²) in [6.45, 7) is 0.726. The van der Waals surface area contributed by atoms with Crippen molar-refractivity contribution in [2.24, 2.45) is 11.8 Å². The minimum Gasteiger partial charge on any atom is -0.335 e. The van der Waals surface area contributed by atoms with Crippen LogP contribution in [-0.4, -0.2) is 16.8 Å². The van der Waals surface area contributed by atoms with Crippen molar-refractivity contribution in [2.45, 2.75) is 44.2 Å². The zero-order chi connectivity index (χ0) is 17.7. The summed E-state index contributed by atoms with van der Waals surface area (Å²) in [5, 5.41) is 9.29. The third kappa shape index (κ3) is 2.29. The Bertz CT molecular complexity index is 898. The molecule has 0 radical (unpaired) electrons. The lowest BCUT2D eigenvalue weighted by atomic mass is 9.63. The maximum atomic E-state index is 13.3. The second-order valence-corrected chi connectivity index (χ2v) is 7.97. The van der Waals surface area contributed by atoms with Gasteiger partial charge in [0.1, 0.15) is 0 Å². The number of hydrogen-bond acceptors (Lipinski definition) is 2. The van der Waals surface area contributed by atoms with Crippen molar-refractivity contribution in [3.63, 3.8) is 0 Å². The van der Waals surface area contributed by atoms with E-state index in [2.05, 4.69) is 35.2 Å². The van der Waals surface area contributed by atoms with Crippen molar-refractivity contribution in [3.8, 4) is 6.07 Å². The van der Waals surface area contributed by atoms with Crippen LogP contribution in [0.3, 0.4) is 0 Å². The number of carbonyl (C=O) groups excluding carboxylic acids is 1. The number of carbonyl (C=O) groups is 1. The van der Waals surface area contributed by atoms with E-state index in [1.165, 1.54) is 16.7 Å². The van der Waals surface area contributed by atoms with E-state index in [-0.39, 0.29) is 5.92 Å². The maximum absolute atomic E-state index is 13.3. The first-order chi connectivity index (χ1) is 12.8. The average molecular weight is 342 g/mol. The highest BCUT2D eigenvalue weighted by atomic mass is 16.2. The Morgan fingerprint density at radius 2 is 1.92 bits per heavy atom. The smallest absolute Gasteiger partial charge is 0.226 e. The number of nitriles is 1. The molecule has 2 aliphatic carbocycles. The van der Waals surface area contributed by atoms with Crippen LogP contribution >= 0.6 is 0 Å². The summed E-state index contributed by atoms with van der Waals surface area (Å²) in [6, 6.07) is 19.1. The van der Waals surface area contributed by atoms with Crippen molar-refractivity contribution in [1.82, 2.24) is 4.90 Å². The summed E-state index contributed by atoms with van der Waals surface area (Å²) in [4.78, 5) is 15.5. The van der Waals surface area contributed by atoms with Gasteiger partial charge in [0.15, 0.2) is 0 Å². The molecule has 1 amide bonds. The quantitative estimate of drug-likeness (QED) is 0.827. The predicted octanol–water partition coefficient (Wildman–Crippen LogP) is 4.03. The lowest BCUT2D eigenvalue weighted by Gasteiger charge is -2.41. The molecule has 0 spiro atoms. The number of benzene rings is 2. The minimum atomic E-state index is 0.120. The third-order valence-electron chi connectivity index (χ3n) is 6.70. The Morgan fingerprint density at radius 3 is 2.73 bits per heavy atom. The number of likely N-dealkylation sites (tertiary alicyclic amines) is 1. The van der Waals surface area contributed by atoms with Gasteiger partial charge >= 0.3 is 0 Å². The highest BCUT2D eigenvalue weighted by Gasteiger charge is 2.54. The van der Waals surface area contributed by atoms with Crippen LogP contribution in [0.1, 0.15) is 47.4 Å². The van der Waals surface area contributed by atoms with Crippen molar-refractivity contribution < 1.29 is 4.79 Å². The van der Waals surface area contributed by atoms with E-state index in [4.69, 9.17) is 0 Å². The maximum Gasteiger partial charge on any atom is 0.226 e. The molecule has 1 aliphatic heterocycles. The van der Waals surface area contributed by atoms with Crippen LogP contribution in [0.15, 0.2) is 48.5 Å². The van der Waals surface area contributed by atoms with Gasteiger partial charge in [0.2, 0.25) is 5.91 Å². The molecule has 0 bridgehead atoms. The van der Waals surface area contributed by atoms with E-state index in [1.807, 2.05) is 24.3 Å². The summed E-state index contributed by atoms with van der Waals surface area (Å²) in [6.07, 6.45) is 4.26. The van der Waals surface area contributed by atoms with Gasteiger partial charge in [-0.1, -0.05) is 42.8 Å². The van der Waals surface area contributed by atoms with Crippen LogP contribution in [0.5, 0.6) is 0 Å². The molecular weight excluding hydrogens is 320 g/mol. The second kappa shape index (κ2) is 5.99. The molecule has 0 aromatic heterocycles. The molecular formula is C23H22N2O. The molecule has 130 valence electrons. The van der Waals surface area contributed by atoms with Gasteiger partial charge in [-0.25, -0.2) is 0 Å². The minimum absolute atomic E-state index is 0.120. The topological polar surface area (TPSA) is 44.1 Å². The van der Waals surface area contributed by atoms with E-state index in [1.54, 1.807) is 0 Å². The fourth-order valence-electron chi connectivity index (χ4n) is 5.65. The SMILES string of the molecule is N#Cc1ccc2c(c1)C1CCCC3C1C(C2)C(=O)N3Cc1ccccc1. The number of fused-ring (bicyclic) bond motifs is 2. The van der Waals surface area contributed by atoms with Crippen LogP contribution in [0.2, 0.25) is 0 Å². The van der Waals surface area contributed by atoms with Crippen molar-refractivity contribution in [2.75, 3.05) is 0 Å². The summed E-state index contributed by atoms with van der Waals surface area (Å²) < 4.78 is 0. The van der Waals surface area contributed by atoms with Gasteiger partial charge in [-0.2, -0.15) is 5.26 Å². The van der Waals surface area contributed by atoms with E-state index in [0.717, 1.165) is 37.8 Å². The molecule has 3 aliphatic rings. The third-order valence-corrected chi connectivity index (χ3v) is 6.70. The van der Waals surface area contributed by atoms with Gasteiger partial charge in [-0.3, -0.25) is 4.79 Å². The highest BCUT2D eigenvalue weighted by molar-refractivity contribution is 5.83. The van der Waals surface area contributed by atoms with Crippen LogP contribution < -0.4 is 0 Å². The Hall–Kier alpha value is -2.60. The largest absolute Gasteiger partial charge is 0.335 e. The molecule has 1 saturated carbocycles. The molecule has 2 fully saturated rings. The van der Waals surface area contributed by atoms with Crippen LogP contribution in [0.4, 0.5) is 0 Å². The number of amides is 1. The Kier molecular flexibility index (Phi) is 3.60. The molecule has 4 atom stereocenters. The first kappa shape index (κ1) is 15.6. The molecule has 1 heterocycles. The number of hydrogen-bond donors (Lipinski definition) is 0. The van der Waals surface area contributed by atoms with Crippen LogP contribution in [0.25, 0.3) is 0 Å².